The van der Waals surface area contributed by atoms with Crippen molar-refractivity contribution in [1.29, 1.82) is 0 Å². The van der Waals surface area contributed by atoms with E-state index in [1.54, 1.807) is 12.1 Å². The van der Waals surface area contributed by atoms with Crippen molar-refractivity contribution in [3.63, 3.8) is 0 Å². The van der Waals surface area contributed by atoms with Crippen LogP contribution in [0.4, 0.5) is 4.39 Å². The summed E-state index contributed by atoms with van der Waals surface area (Å²) >= 11 is 5.81. The Morgan fingerprint density at radius 1 is 1.53 bits per heavy atom. The number of halogens is 2. The third-order valence-electron chi connectivity index (χ3n) is 2.61. The largest absolute Gasteiger partial charge is 0.368 e. The molecule has 1 aliphatic rings. The minimum absolute atomic E-state index is 0.129. The third-order valence-corrected chi connectivity index (χ3v) is 3.03. The summed E-state index contributed by atoms with van der Waals surface area (Å²) in [6.07, 6.45) is 0. The second-order valence-corrected chi connectivity index (χ2v) is 4.43. The molecule has 0 unspecified atom stereocenters. The zero-order chi connectivity index (χ0) is 10.9. The van der Waals surface area contributed by atoms with E-state index in [0.29, 0.717) is 12.2 Å². The van der Waals surface area contributed by atoms with Gasteiger partial charge in [-0.3, -0.25) is 0 Å². The Morgan fingerprint density at radius 3 is 2.87 bits per heavy atom. The van der Waals surface area contributed by atoms with E-state index in [4.69, 9.17) is 16.3 Å². The lowest BCUT2D eigenvalue weighted by Gasteiger charge is -2.39. The van der Waals surface area contributed by atoms with E-state index in [0.717, 1.165) is 13.1 Å². The van der Waals surface area contributed by atoms with Gasteiger partial charge in [0, 0.05) is 13.1 Å². The van der Waals surface area contributed by atoms with Crippen LogP contribution in [0, 0.1) is 5.82 Å². The van der Waals surface area contributed by atoms with Crippen LogP contribution in [0.3, 0.4) is 0 Å². The molecule has 1 aliphatic heterocycles. The van der Waals surface area contributed by atoms with Crippen molar-refractivity contribution in [2.24, 2.45) is 0 Å². The standard InChI is InChI=1S/C11H13ClFNO/c1-11(6-14-7-11)15-5-8-3-2-4-9(13)10(8)12/h2-4,14H,5-7H2,1H3. The predicted molar refractivity (Wildman–Crippen MR) is 57.5 cm³/mol. The van der Waals surface area contributed by atoms with E-state index < -0.39 is 5.82 Å². The first kappa shape index (κ1) is 10.9. The number of benzene rings is 1. The maximum absolute atomic E-state index is 13.1. The van der Waals surface area contributed by atoms with Gasteiger partial charge in [0.05, 0.1) is 17.2 Å². The summed E-state index contributed by atoms with van der Waals surface area (Å²) in [4.78, 5) is 0. The summed E-state index contributed by atoms with van der Waals surface area (Å²) in [7, 11) is 0. The number of rotatable bonds is 3. The number of nitrogens with one attached hydrogen (secondary N) is 1. The maximum Gasteiger partial charge on any atom is 0.142 e. The molecule has 0 saturated carbocycles. The van der Waals surface area contributed by atoms with Crippen LogP contribution in [0.25, 0.3) is 0 Å². The molecule has 4 heteroatoms. The van der Waals surface area contributed by atoms with Gasteiger partial charge in [-0.15, -0.1) is 0 Å². The van der Waals surface area contributed by atoms with Crippen molar-refractivity contribution in [3.05, 3.63) is 34.6 Å². The molecule has 1 saturated heterocycles. The van der Waals surface area contributed by atoms with E-state index in [1.807, 2.05) is 6.92 Å². The highest BCUT2D eigenvalue weighted by Gasteiger charge is 2.32. The molecule has 0 atom stereocenters. The highest BCUT2D eigenvalue weighted by atomic mass is 35.5. The van der Waals surface area contributed by atoms with E-state index >= 15 is 0 Å². The molecule has 1 aromatic carbocycles. The smallest absolute Gasteiger partial charge is 0.142 e. The van der Waals surface area contributed by atoms with Crippen molar-refractivity contribution in [2.45, 2.75) is 19.1 Å². The van der Waals surface area contributed by atoms with Gasteiger partial charge in [-0.25, -0.2) is 4.39 Å². The Morgan fingerprint density at radius 2 is 2.27 bits per heavy atom. The Kier molecular flexibility index (Phi) is 2.96. The van der Waals surface area contributed by atoms with E-state index in [2.05, 4.69) is 5.32 Å². The van der Waals surface area contributed by atoms with Gasteiger partial charge >= 0.3 is 0 Å². The van der Waals surface area contributed by atoms with Gasteiger partial charge in [-0.05, 0) is 18.6 Å². The monoisotopic (exact) mass is 229 g/mol. The topological polar surface area (TPSA) is 21.3 Å². The average Bonchev–Trinajstić information content (AvgIpc) is 2.17. The maximum atomic E-state index is 13.1. The molecule has 1 heterocycles. The molecular formula is C11H13ClFNO. The first-order valence-electron chi connectivity index (χ1n) is 4.88. The van der Waals surface area contributed by atoms with Crippen LogP contribution >= 0.6 is 11.6 Å². The molecule has 15 heavy (non-hydrogen) atoms. The Bertz CT molecular complexity index is 366. The number of hydrogen-bond acceptors (Lipinski definition) is 2. The molecule has 0 radical (unpaired) electrons. The molecule has 2 nitrogen and oxygen atoms in total. The second kappa shape index (κ2) is 4.08. The third kappa shape index (κ3) is 2.30. The Hall–Kier alpha value is -0.640. The van der Waals surface area contributed by atoms with Crippen molar-refractivity contribution in [3.8, 4) is 0 Å². The zero-order valence-electron chi connectivity index (χ0n) is 8.52. The number of ether oxygens (including phenoxy) is 1. The van der Waals surface area contributed by atoms with Crippen LogP contribution in [-0.2, 0) is 11.3 Å². The zero-order valence-corrected chi connectivity index (χ0v) is 9.27. The molecule has 0 amide bonds. The molecular weight excluding hydrogens is 217 g/mol. The van der Waals surface area contributed by atoms with Crippen LogP contribution < -0.4 is 5.32 Å². The number of hydrogen-bond donors (Lipinski definition) is 1. The molecule has 82 valence electrons. The van der Waals surface area contributed by atoms with Crippen molar-refractivity contribution in [2.75, 3.05) is 13.1 Å². The lowest BCUT2D eigenvalue weighted by atomic mass is 10.00. The van der Waals surface area contributed by atoms with Crippen LogP contribution in [-0.4, -0.2) is 18.7 Å². The molecule has 0 bridgehead atoms. The molecule has 2 rings (SSSR count). The fraction of sp³-hybridized carbons (Fsp3) is 0.455. The van der Waals surface area contributed by atoms with Crippen LogP contribution in [0.1, 0.15) is 12.5 Å². The lowest BCUT2D eigenvalue weighted by molar-refractivity contribution is -0.0767. The molecule has 1 fully saturated rings. The van der Waals surface area contributed by atoms with Crippen molar-refractivity contribution < 1.29 is 9.13 Å². The summed E-state index contributed by atoms with van der Waals surface area (Å²) in [6.45, 7) is 4.05. The van der Waals surface area contributed by atoms with Gasteiger partial charge in [0.1, 0.15) is 5.82 Å². The Labute approximate surface area is 93.4 Å². The SMILES string of the molecule is CC1(OCc2cccc(F)c2Cl)CNC1. The quantitative estimate of drug-likeness (QED) is 0.859. The summed E-state index contributed by atoms with van der Waals surface area (Å²) in [5.41, 5.74) is 0.570. The Balaban J connectivity index is 2.01. The van der Waals surface area contributed by atoms with Crippen molar-refractivity contribution in [1.82, 2.24) is 5.32 Å². The van der Waals surface area contributed by atoms with E-state index in [-0.39, 0.29) is 10.6 Å². The van der Waals surface area contributed by atoms with Gasteiger partial charge in [0.15, 0.2) is 0 Å². The summed E-state index contributed by atoms with van der Waals surface area (Å²) in [5, 5.41) is 3.29. The van der Waals surface area contributed by atoms with Gasteiger partial charge < -0.3 is 10.1 Å². The van der Waals surface area contributed by atoms with Gasteiger partial charge in [-0.2, -0.15) is 0 Å². The van der Waals surface area contributed by atoms with Gasteiger partial charge in [-0.1, -0.05) is 23.7 Å². The van der Waals surface area contributed by atoms with Crippen LogP contribution in [0.5, 0.6) is 0 Å². The average molecular weight is 230 g/mol. The normalized spacial score (nSPS) is 18.6. The fourth-order valence-electron chi connectivity index (χ4n) is 1.49. The minimum atomic E-state index is -0.394. The van der Waals surface area contributed by atoms with Gasteiger partial charge in [0.2, 0.25) is 0 Å². The van der Waals surface area contributed by atoms with Crippen LogP contribution in [0.2, 0.25) is 5.02 Å². The molecule has 0 aliphatic carbocycles. The molecule has 0 spiro atoms. The van der Waals surface area contributed by atoms with Crippen molar-refractivity contribution >= 4 is 11.6 Å². The van der Waals surface area contributed by atoms with Crippen LogP contribution in [0.15, 0.2) is 18.2 Å². The summed E-state index contributed by atoms with van der Waals surface area (Å²) in [5.74, 6) is -0.394. The highest BCUT2D eigenvalue weighted by Crippen LogP contribution is 2.23. The van der Waals surface area contributed by atoms with E-state index in [1.165, 1.54) is 6.07 Å². The first-order valence-corrected chi connectivity index (χ1v) is 5.26. The molecule has 1 aromatic rings. The van der Waals surface area contributed by atoms with Gasteiger partial charge in [0.25, 0.3) is 0 Å². The highest BCUT2D eigenvalue weighted by molar-refractivity contribution is 6.31. The minimum Gasteiger partial charge on any atom is -0.368 e. The summed E-state index contributed by atoms with van der Waals surface area (Å²) < 4.78 is 18.8. The molecule has 1 N–H and O–H groups in total. The second-order valence-electron chi connectivity index (χ2n) is 4.06. The first-order chi connectivity index (χ1) is 7.11. The fourth-order valence-corrected chi connectivity index (χ4v) is 1.67. The van der Waals surface area contributed by atoms with E-state index in [9.17, 15) is 4.39 Å². The summed E-state index contributed by atoms with van der Waals surface area (Å²) in [6, 6.07) is 4.76. The predicted octanol–water partition coefficient (Wildman–Crippen LogP) is 2.36. The lowest BCUT2D eigenvalue weighted by Crippen LogP contribution is -2.58. The molecule has 0 aromatic heterocycles.